The second kappa shape index (κ2) is 16.8. The predicted molar refractivity (Wildman–Crippen MR) is 139 cm³/mol. The van der Waals surface area contributed by atoms with Gasteiger partial charge >= 0.3 is 5.97 Å². The van der Waals surface area contributed by atoms with Gasteiger partial charge < -0.3 is 56.5 Å². The molecule has 0 saturated carbocycles. The predicted octanol–water partition coefficient (Wildman–Crippen LogP) is -3.78. The van der Waals surface area contributed by atoms with E-state index < -0.39 is 90.4 Å². The Morgan fingerprint density at radius 2 is 1.61 bits per heavy atom. The lowest BCUT2D eigenvalue weighted by molar-refractivity contribution is -0.268. The summed E-state index contributed by atoms with van der Waals surface area (Å²) in [5.41, 5.74) is 5.31. The Kier molecular flexibility index (Phi) is 14.6. The van der Waals surface area contributed by atoms with Crippen LogP contribution in [0.1, 0.15) is 47.5 Å². The maximum absolute atomic E-state index is 12.8. The number of aliphatic hydroxyl groups excluding tert-OH is 2. The molecular weight excluding hydrogens is 550 g/mol. The van der Waals surface area contributed by atoms with Gasteiger partial charge in [-0.1, -0.05) is 0 Å². The normalized spacial score (nSPS) is 25.1. The third-order valence-corrected chi connectivity index (χ3v) is 6.10. The van der Waals surface area contributed by atoms with E-state index in [0.717, 1.165) is 0 Å². The van der Waals surface area contributed by atoms with Crippen molar-refractivity contribution in [1.82, 2.24) is 21.3 Å². The van der Waals surface area contributed by atoms with Crippen molar-refractivity contribution >= 4 is 35.5 Å². The fourth-order valence-corrected chi connectivity index (χ4v) is 3.78. The minimum absolute atomic E-state index is 0.0968. The van der Waals surface area contributed by atoms with Gasteiger partial charge in [-0.25, -0.2) is 0 Å². The highest BCUT2D eigenvalue weighted by atomic mass is 16.6. The molecule has 9 atom stereocenters. The molecule has 0 aliphatic carbocycles. The summed E-state index contributed by atoms with van der Waals surface area (Å²) in [6, 6.07) is -4.89. The molecule has 9 N–H and O–H groups in total. The van der Waals surface area contributed by atoms with E-state index in [-0.39, 0.29) is 19.4 Å². The molecule has 0 radical (unpaired) electrons. The molecule has 0 bridgehead atoms. The van der Waals surface area contributed by atoms with Crippen LogP contribution >= 0.6 is 0 Å². The van der Waals surface area contributed by atoms with Crippen molar-refractivity contribution in [2.45, 2.75) is 102 Å². The van der Waals surface area contributed by atoms with Gasteiger partial charge in [0.05, 0.1) is 6.61 Å². The molecule has 5 unspecified atom stereocenters. The zero-order chi connectivity index (χ0) is 31.4. The molecule has 17 heteroatoms. The van der Waals surface area contributed by atoms with Crippen LogP contribution in [0.3, 0.4) is 0 Å². The number of ether oxygens (including phenoxy) is 3. The molecule has 1 saturated heterocycles. The van der Waals surface area contributed by atoms with Gasteiger partial charge in [0.2, 0.25) is 29.5 Å². The van der Waals surface area contributed by atoms with E-state index in [1.165, 1.54) is 27.7 Å². The van der Waals surface area contributed by atoms with Crippen molar-refractivity contribution in [3.05, 3.63) is 0 Å². The van der Waals surface area contributed by atoms with Crippen molar-refractivity contribution in [3.8, 4) is 0 Å². The zero-order valence-corrected chi connectivity index (χ0v) is 23.6. The summed E-state index contributed by atoms with van der Waals surface area (Å²) >= 11 is 0. The number of hydrogen-bond donors (Lipinski definition) is 8. The Balaban J connectivity index is 2.80. The monoisotopic (exact) mass is 591 g/mol. The van der Waals surface area contributed by atoms with Gasteiger partial charge in [-0.05, 0) is 34.1 Å². The average molecular weight is 592 g/mol. The van der Waals surface area contributed by atoms with Crippen molar-refractivity contribution in [3.63, 3.8) is 0 Å². The van der Waals surface area contributed by atoms with Crippen LogP contribution in [-0.2, 0) is 43.0 Å². The number of nitrogens with one attached hydrogen (secondary N) is 4. The maximum Gasteiger partial charge on any atom is 0.325 e. The molecule has 0 aromatic rings. The van der Waals surface area contributed by atoms with Crippen LogP contribution < -0.4 is 27.0 Å². The number of primary amides is 1. The maximum atomic E-state index is 12.8. The molecule has 41 heavy (non-hydrogen) atoms. The van der Waals surface area contributed by atoms with E-state index in [1.807, 2.05) is 0 Å². The minimum atomic E-state index is -1.59. The molecule has 1 rings (SSSR count). The fourth-order valence-electron chi connectivity index (χ4n) is 3.78. The SMILES string of the molecule is CCOCC1OC(O)C(NC(C)=O)C(O[C@H](C)C(=O)N[C@@H](C)C(=O)N[C@H](CCC(=O)N[C@@H](C)C(=O)O)C(N)=O)C1O. The molecular formula is C24H41N5O12. The fraction of sp³-hybridized carbons (Fsp3) is 0.750. The van der Waals surface area contributed by atoms with Crippen LogP contribution in [0.25, 0.3) is 0 Å². The van der Waals surface area contributed by atoms with E-state index in [1.54, 1.807) is 6.92 Å². The summed E-state index contributed by atoms with van der Waals surface area (Å²) in [5.74, 6) is -5.05. The molecule has 5 amide bonds. The van der Waals surface area contributed by atoms with E-state index in [0.29, 0.717) is 6.61 Å². The Labute approximate surface area is 236 Å². The molecule has 234 valence electrons. The first-order valence-electron chi connectivity index (χ1n) is 13.0. The number of nitrogens with two attached hydrogens (primary N) is 1. The summed E-state index contributed by atoms with van der Waals surface area (Å²) in [6.07, 6.45) is -7.16. The van der Waals surface area contributed by atoms with Gasteiger partial charge in [-0.15, -0.1) is 0 Å². The quantitative estimate of drug-likeness (QED) is 0.0859. The molecule has 0 spiro atoms. The number of carbonyl (C=O) groups is 6. The van der Waals surface area contributed by atoms with Crippen LogP contribution in [0.5, 0.6) is 0 Å². The highest BCUT2D eigenvalue weighted by Crippen LogP contribution is 2.24. The van der Waals surface area contributed by atoms with E-state index in [4.69, 9.17) is 25.1 Å². The first-order valence-corrected chi connectivity index (χ1v) is 13.0. The third-order valence-electron chi connectivity index (χ3n) is 6.10. The third kappa shape index (κ3) is 11.6. The van der Waals surface area contributed by atoms with Gasteiger partial charge in [0.25, 0.3) is 0 Å². The van der Waals surface area contributed by atoms with Gasteiger partial charge in [-0.3, -0.25) is 28.8 Å². The largest absolute Gasteiger partial charge is 0.480 e. The Hall–Kier alpha value is -3.38. The van der Waals surface area contributed by atoms with E-state index in [2.05, 4.69) is 21.3 Å². The number of amides is 5. The summed E-state index contributed by atoms with van der Waals surface area (Å²) < 4.78 is 16.3. The second-order valence-corrected chi connectivity index (χ2v) is 9.54. The number of carboxylic acids is 1. The van der Waals surface area contributed by atoms with Crippen LogP contribution in [0.4, 0.5) is 0 Å². The van der Waals surface area contributed by atoms with Gasteiger partial charge in [0, 0.05) is 20.0 Å². The summed E-state index contributed by atoms with van der Waals surface area (Å²) in [6.45, 7) is 6.99. The van der Waals surface area contributed by atoms with Gasteiger partial charge in [0.1, 0.15) is 48.6 Å². The van der Waals surface area contributed by atoms with E-state index >= 15 is 0 Å². The summed E-state index contributed by atoms with van der Waals surface area (Å²) in [7, 11) is 0. The first kappa shape index (κ1) is 35.6. The summed E-state index contributed by atoms with van der Waals surface area (Å²) in [4.78, 5) is 71.6. The molecule has 1 fully saturated rings. The minimum Gasteiger partial charge on any atom is -0.480 e. The van der Waals surface area contributed by atoms with E-state index in [9.17, 15) is 39.0 Å². The number of aliphatic hydroxyl groups is 2. The average Bonchev–Trinajstić information content (AvgIpc) is 2.88. The molecule has 0 aromatic heterocycles. The van der Waals surface area contributed by atoms with Crippen LogP contribution in [0.2, 0.25) is 0 Å². The second-order valence-electron chi connectivity index (χ2n) is 9.54. The lowest BCUT2D eigenvalue weighted by Gasteiger charge is -2.43. The number of hydrogen-bond acceptors (Lipinski definition) is 11. The summed E-state index contributed by atoms with van der Waals surface area (Å²) in [5, 5.41) is 39.4. The number of aliphatic carboxylic acids is 1. The smallest absolute Gasteiger partial charge is 0.325 e. The topological polar surface area (TPSA) is 265 Å². The van der Waals surface area contributed by atoms with Gasteiger partial charge in [0.15, 0.2) is 6.29 Å². The molecule has 1 aliphatic heterocycles. The van der Waals surface area contributed by atoms with Crippen molar-refractivity contribution in [2.75, 3.05) is 13.2 Å². The molecule has 1 aliphatic rings. The molecule has 17 nitrogen and oxygen atoms in total. The molecule has 0 aromatic carbocycles. The molecule has 1 heterocycles. The van der Waals surface area contributed by atoms with Crippen LogP contribution in [-0.4, -0.2) is 119 Å². The Morgan fingerprint density at radius 1 is 0.976 bits per heavy atom. The van der Waals surface area contributed by atoms with Crippen molar-refractivity contribution in [1.29, 1.82) is 0 Å². The number of carboxylic acid groups (broad SMARTS) is 1. The number of carbonyl (C=O) groups excluding carboxylic acids is 5. The highest BCUT2D eigenvalue weighted by molar-refractivity contribution is 5.92. The number of rotatable bonds is 16. The Bertz CT molecular complexity index is 950. The zero-order valence-electron chi connectivity index (χ0n) is 23.6. The Morgan fingerprint density at radius 3 is 2.15 bits per heavy atom. The lowest BCUT2D eigenvalue weighted by atomic mass is 9.96. The van der Waals surface area contributed by atoms with Crippen molar-refractivity contribution < 1.29 is 58.3 Å². The first-order chi connectivity index (χ1) is 19.1. The highest BCUT2D eigenvalue weighted by Gasteiger charge is 2.47. The van der Waals surface area contributed by atoms with Gasteiger partial charge in [-0.2, -0.15) is 0 Å². The van der Waals surface area contributed by atoms with Crippen molar-refractivity contribution in [2.24, 2.45) is 5.73 Å². The van der Waals surface area contributed by atoms with Crippen LogP contribution in [0, 0.1) is 0 Å². The lowest BCUT2D eigenvalue weighted by Crippen LogP contribution is -2.66. The standard InChI is InChI=1S/C24H41N5O12/c1-6-39-9-15-18(32)19(17(24(38)41-15)28-13(5)30)40-12(4)22(35)27-10(2)21(34)29-14(20(25)33)7-8-16(31)26-11(3)23(36)37/h10-12,14-15,17-19,24,32,38H,6-9H2,1-5H3,(H2,25,33)(H,26,31)(H,27,35)(H,28,30)(H,29,34)(H,36,37)/t10-,11-,12+,14+,15?,17?,18?,19?,24?/m0/s1. The van der Waals surface area contributed by atoms with Crippen LogP contribution in [0.15, 0.2) is 0 Å².